The van der Waals surface area contributed by atoms with Crippen LogP contribution >= 0.6 is 0 Å². The van der Waals surface area contributed by atoms with E-state index in [0.717, 1.165) is 36.8 Å². The normalized spacial score (nSPS) is 22.1. The van der Waals surface area contributed by atoms with Crippen LogP contribution in [0, 0.1) is 17.2 Å². The highest BCUT2D eigenvalue weighted by molar-refractivity contribution is 5.83. The Morgan fingerprint density at radius 2 is 1.95 bits per heavy atom. The van der Waals surface area contributed by atoms with E-state index in [0.29, 0.717) is 0 Å². The Morgan fingerprint density at radius 1 is 1.20 bits per heavy atom. The second kappa shape index (κ2) is 5.50. The van der Waals surface area contributed by atoms with Crippen molar-refractivity contribution in [3.63, 3.8) is 0 Å². The third-order valence-corrected chi connectivity index (χ3v) is 4.31. The molecule has 1 aliphatic heterocycles. The minimum Gasteiger partial charge on any atom is -0.298 e. The van der Waals surface area contributed by atoms with E-state index in [2.05, 4.69) is 6.07 Å². The van der Waals surface area contributed by atoms with Crippen molar-refractivity contribution in [2.24, 2.45) is 5.92 Å². The molecule has 1 aliphatic carbocycles. The van der Waals surface area contributed by atoms with Crippen molar-refractivity contribution in [2.75, 3.05) is 0 Å². The molecule has 0 unspecified atom stereocenters. The molecule has 0 N–H and O–H groups in total. The van der Waals surface area contributed by atoms with Crippen LogP contribution in [0.3, 0.4) is 0 Å². The van der Waals surface area contributed by atoms with Gasteiger partial charge in [0.2, 0.25) is 5.91 Å². The van der Waals surface area contributed by atoms with E-state index in [9.17, 15) is 10.1 Å². The predicted octanol–water partition coefficient (Wildman–Crippen LogP) is 3.64. The Morgan fingerprint density at radius 3 is 2.70 bits per heavy atom. The van der Waals surface area contributed by atoms with Gasteiger partial charge in [-0.15, -0.1) is 0 Å². The number of hydrogen-bond acceptors (Lipinski definition) is 2. The van der Waals surface area contributed by atoms with E-state index in [1.165, 1.54) is 6.42 Å². The van der Waals surface area contributed by atoms with E-state index in [1.54, 1.807) is 11.1 Å². The van der Waals surface area contributed by atoms with E-state index < -0.39 is 6.04 Å². The molecule has 1 atom stereocenters. The van der Waals surface area contributed by atoms with Gasteiger partial charge in [-0.05, 0) is 30.0 Å². The Labute approximate surface area is 119 Å². The summed E-state index contributed by atoms with van der Waals surface area (Å²) in [5, 5.41) is 9.48. The van der Waals surface area contributed by atoms with Gasteiger partial charge in [0.1, 0.15) is 6.04 Å². The van der Waals surface area contributed by atoms with Crippen LogP contribution in [0.15, 0.2) is 30.5 Å². The SMILES string of the molecule is N#C[C@@H]1c2ccccc2C=CN1C(=O)C1CCCCC1. The molecule has 3 heteroatoms. The first-order chi connectivity index (χ1) is 9.81. The molecular weight excluding hydrogens is 248 g/mol. The standard InChI is InChI=1S/C17H18N2O/c18-12-16-15-9-5-4-6-13(15)10-11-19(16)17(20)14-7-2-1-3-8-14/h4-6,9-11,14,16H,1-3,7-8H2/t16-/m1/s1. The molecule has 1 aromatic rings. The summed E-state index contributed by atoms with van der Waals surface area (Å²) >= 11 is 0. The molecule has 0 radical (unpaired) electrons. The van der Waals surface area contributed by atoms with Crippen LogP contribution in [0.5, 0.6) is 0 Å². The van der Waals surface area contributed by atoms with Gasteiger partial charge in [-0.25, -0.2) is 0 Å². The minimum atomic E-state index is -0.481. The van der Waals surface area contributed by atoms with Crippen LogP contribution in [0.4, 0.5) is 0 Å². The number of carbonyl (C=O) groups is 1. The molecule has 0 aromatic heterocycles. The number of benzene rings is 1. The van der Waals surface area contributed by atoms with Gasteiger partial charge in [0.05, 0.1) is 6.07 Å². The molecule has 2 aliphatic rings. The van der Waals surface area contributed by atoms with E-state index in [1.807, 2.05) is 30.3 Å². The molecular formula is C17H18N2O. The average Bonchev–Trinajstić information content (AvgIpc) is 2.54. The summed E-state index contributed by atoms with van der Waals surface area (Å²) in [6, 6.07) is 9.60. The van der Waals surface area contributed by atoms with Crippen molar-refractivity contribution < 1.29 is 4.79 Å². The van der Waals surface area contributed by atoms with Crippen molar-refractivity contribution in [3.05, 3.63) is 41.6 Å². The number of amides is 1. The van der Waals surface area contributed by atoms with Gasteiger partial charge in [0, 0.05) is 12.1 Å². The Balaban J connectivity index is 1.88. The highest BCUT2D eigenvalue weighted by Crippen LogP contribution is 2.33. The van der Waals surface area contributed by atoms with Gasteiger partial charge in [0.15, 0.2) is 0 Å². The summed E-state index contributed by atoms with van der Waals surface area (Å²) in [6.45, 7) is 0. The molecule has 0 saturated heterocycles. The number of fused-ring (bicyclic) bond motifs is 1. The maximum absolute atomic E-state index is 12.7. The van der Waals surface area contributed by atoms with Crippen LogP contribution in [-0.4, -0.2) is 10.8 Å². The maximum Gasteiger partial charge on any atom is 0.231 e. The lowest BCUT2D eigenvalue weighted by molar-refractivity contribution is -0.135. The highest BCUT2D eigenvalue weighted by atomic mass is 16.2. The number of hydrogen-bond donors (Lipinski definition) is 0. The van der Waals surface area contributed by atoms with Crippen molar-refractivity contribution in [3.8, 4) is 6.07 Å². The Hall–Kier alpha value is -2.08. The maximum atomic E-state index is 12.7. The molecule has 1 amide bonds. The van der Waals surface area contributed by atoms with Crippen molar-refractivity contribution in [1.82, 2.24) is 4.90 Å². The quantitative estimate of drug-likeness (QED) is 0.778. The zero-order valence-electron chi connectivity index (χ0n) is 11.5. The van der Waals surface area contributed by atoms with Crippen LogP contribution < -0.4 is 0 Å². The monoisotopic (exact) mass is 266 g/mol. The van der Waals surface area contributed by atoms with Crippen LogP contribution in [-0.2, 0) is 4.79 Å². The fraction of sp³-hybridized carbons (Fsp3) is 0.412. The van der Waals surface area contributed by atoms with Crippen LogP contribution in [0.25, 0.3) is 6.08 Å². The summed E-state index contributed by atoms with van der Waals surface area (Å²) in [5.41, 5.74) is 1.97. The third kappa shape index (κ3) is 2.22. The van der Waals surface area contributed by atoms with E-state index in [-0.39, 0.29) is 11.8 Å². The zero-order valence-corrected chi connectivity index (χ0v) is 11.5. The molecule has 20 heavy (non-hydrogen) atoms. The Kier molecular flexibility index (Phi) is 3.56. The topological polar surface area (TPSA) is 44.1 Å². The summed E-state index contributed by atoms with van der Waals surface area (Å²) < 4.78 is 0. The van der Waals surface area contributed by atoms with Crippen molar-refractivity contribution in [2.45, 2.75) is 38.1 Å². The number of rotatable bonds is 1. The molecule has 102 valence electrons. The third-order valence-electron chi connectivity index (χ3n) is 4.31. The van der Waals surface area contributed by atoms with Gasteiger partial charge in [-0.3, -0.25) is 9.69 Å². The smallest absolute Gasteiger partial charge is 0.231 e. The average molecular weight is 266 g/mol. The first-order valence-corrected chi connectivity index (χ1v) is 7.30. The number of nitriles is 1. The molecule has 3 rings (SSSR count). The minimum absolute atomic E-state index is 0.0921. The zero-order chi connectivity index (χ0) is 13.9. The Bertz CT molecular complexity index is 579. The van der Waals surface area contributed by atoms with Crippen molar-refractivity contribution in [1.29, 1.82) is 5.26 Å². The van der Waals surface area contributed by atoms with Gasteiger partial charge in [0.25, 0.3) is 0 Å². The second-order valence-electron chi connectivity index (χ2n) is 5.56. The molecule has 1 aromatic carbocycles. The number of carbonyl (C=O) groups excluding carboxylic acids is 1. The summed E-state index contributed by atoms with van der Waals surface area (Å²) in [5.74, 6) is 0.205. The highest BCUT2D eigenvalue weighted by Gasteiger charge is 2.32. The lowest BCUT2D eigenvalue weighted by Crippen LogP contribution is -2.37. The van der Waals surface area contributed by atoms with Gasteiger partial charge < -0.3 is 0 Å². The first kappa shape index (κ1) is 12.9. The fourth-order valence-corrected chi connectivity index (χ4v) is 3.20. The second-order valence-corrected chi connectivity index (χ2v) is 5.56. The molecule has 0 spiro atoms. The molecule has 1 fully saturated rings. The van der Waals surface area contributed by atoms with Crippen LogP contribution in [0.2, 0.25) is 0 Å². The van der Waals surface area contributed by atoms with Gasteiger partial charge in [-0.1, -0.05) is 43.5 Å². The van der Waals surface area contributed by atoms with E-state index >= 15 is 0 Å². The number of nitrogens with zero attached hydrogens (tertiary/aromatic N) is 2. The van der Waals surface area contributed by atoms with E-state index in [4.69, 9.17) is 0 Å². The first-order valence-electron chi connectivity index (χ1n) is 7.30. The summed E-state index contributed by atoms with van der Waals surface area (Å²) in [7, 11) is 0. The predicted molar refractivity (Wildman–Crippen MR) is 77.3 cm³/mol. The van der Waals surface area contributed by atoms with Gasteiger partial charge >= 0.3 is 0 Å². The summed E-state index contributed by atoms with van der Waals surface area (Å²) in [4.78, 5) is 14.3. The van der Waals surface area contributed by atoms with Crippen LogP contribution in [0.1, 0.15) is 49.3 Å². The molecule has 0 bridgehead atoms. The molecule has 1 heterocycles. The molecule has 1 saturated carbocycles. The summed E-state index contributed by atoms with van der Waals surface area (Å²) in [6.07, 6.45) is 9.12. The lowest BCUT2D eigenvalue weighted by Gasteiger charge is -2.32. The lowest BCUT2D eigenvalue weighted by atomic mass is 9.87. The van der Waals surface area contributed by atoms with Gasteiger partial charge in [-0.2, -0.15) is 5.26 Å². The molecule has 3 nitrogen and oxygen atoms in total. The largest absolute Gasteiger partial charge is 0.298 e. The van der Waals surface area contributed by atoms with Crippen molar-refractivity contribution >= 4 is 12.0 Å². The fourth-order valence-electron chi connectivity index (χ4n) is 3.20.